The maximum Gasteiger partial charge on any atom is 0.219 e. The van der Waals surface area contributed by atoms with Gasteiger partial charge in [0.15, 0.2) is 0 Å². The van der Waals surface area contributed by atoms with Crippen LogP contribution >= 0.6 is 0 Å². The van der Waals surface area contributed by atoms with Crippen molar-refractivity contribution < 1.29 is 4.79 Å². The zero-order chi connectivity index (χ0) is 12.8. The average Bonchev–Trinajstić information content (AvgIpc) is 2.32. The fourth-order valence-corrected chi connectivity index (χ4v) is 1.57. The number of likely N-dealkylation sites (N-methyl/N-ethyl adjacent to an activating group) is 1. The Kier molecular flexibility index (Phi) is 13.0. The standard InChI is InChI=1S/C13H29N3O/c1-3-8-13(17)16-10-7-5-6-9-15-12-11-14-4-2/h14-15H,3-12H2,1-2H3,(H,16,17). The molecule has 0 aliphatic carbocycles. The van der Waals surface area contributed by atoms with E-state index in [1.54, 1.807) is 0 Å². The minimum absolute atomic E-state index is 0.191. The summed E-state index contributed by atoms with van der Waals surface area (Å²) in [7, 11) is 0. The van der Waals surface area contributed by atoms with E-state index in [9.17, 15) is 4.79 Å². The van der Waals surface area contributed by atoms with Gasteiger partial charge in [-0.15, -0.1) is 0 Å². The largest absolute Gasteiger partial charge is 0.356 e. The Morgan fingerprint density at radius 1 is 0.882 bits per heavy atom. The molecule has 17 heavy (non-hydrogen) atoms. The van der Waals surface area contributed by atoms with Crippen LogP contribution in [-0.2, 0) is 4.79 Å². The molecule has 0 fully saturated rings. The van der Waals surface area contributed by atoms with Crippen molar-refractivity contribution in [2.24, 2.45) is 0 Å². The number of nitrogens with one attached hydrogen (secondary N) is 3. The van der Waals surface area contributed by atoms with Crippen LogP contribution in [0.2, 0.25) is 0 Å². The Bertz CT molecular complexity index is 174. The summed E-state index contributed by atoms with van der Waals surface area (Å²) in [5, 5.41) is 9.60. The van der Waals surface area contributed by atoms with Crippen LogP contribution < -0.4 is 16.0 Å². The molecule has 0 aliphatic rings. The summed E-state index contributed by atoms with van der Waals surface area (Å²) in [6.45, 7) is 9.18. The SMILES string of the molecule is CCCC(=O)NCCCCCNCCNCC. The first kappa shape index (κ1) is 16.4. The highest BCUT2D eigenvalue weighted by atomic mass is 16.1. The Labute approximate surface area is 106 Å². The van der Waals surface area contributed by atoms with E-state index in [1.807, 2.05) is 6.92 Å². The Morgan fingerprint density at radius 3 is 2.29 bits per heavy atom. The van der Waals surface area contributed by atoms with E-state index < -0.39 is 0 Å². The number of unbranched alkanes of at least 4 members (excludes halogenated alkanes) is 2. The fraction of sp³-hybridized carbons (Fsp3) is 0.923. The topological polar surface area (TPSA) is 53.2 Å². The van der Waals surface area contributed by atoms with Crippen molar-refractivity contribution in [2.45, 2.75) is 46.0 Å². The lowest BCUT2D eigenvalue weighted by molar-refractivity contribution is -0.121. The lowest BCUT2D eigenvalue weighted by Gasteiger charge is -2.06. The van der Waals surface area contributed by atoms with Crippen LogP contribution in [0.3, 0.4) is 0 Å². The summed E-state index contributed by atoms with van der Waals surface area (Å²) in [6.07, 6.45) is 5.05. The molecule has 0 aromatic carbocycles. The Hall–Kier alpha value is -0.610. The van der Waals surface area contributed by atoms with Crippen molar-refractivity contribution >= 4 is 5.91 Å². The van der Waals surface area contributed by atoms with E-state index in [0.717, 1.165) is 45.6 Å². The van der Waals surface area contributed by atoms with Crippen LogP contribution in [0.1, 0.15) is 46.0 Å². The second-order valence-electron chi connectivity index (χ2n) is 4.26. The molecule has 4 nitrogen and oxygen atoms in total. The summed E-state index contributed by atoms with van der Waals surface area (Å²) in [6, 6.07) is 0. The lowest BCUT2D eigenvalue weighted by atomic mass is 10.2. The molecule has 0 aromatic rings. The first-order valence-electron chi connectivity index (χ1n) is 6.99. The Balaban J connectivity index is 3.01. The zero-order valence-corrected chi connectivity index (χ0v) is 11.5. The normalized spacial score (nSPS) is 10.5. The van der Waals surface area contributed by atoms with Gasteiger partial charge in [-0.1, -0.05) is 20.3 Å². The Morgan fingerprint density at radius 2 is 1.59 bits per heavy atom. The molecular weight excluding hydrogens is 214 g/mol. The first-order chi connectivity index (χ1) is 8.31. The van der Waals surface area contributed by atoms with Gasteiger partial charge in [-0.3, -0.25) is 4.79 Å². The van der Waals surface area contributed by atoms with Gasteiger partial charge < -0.3 is 16.0 Å². The predicted molar refractivity (Wildman–Crippen MR) is 73.2 cm³/mol. The molecule has 4 heteroatoms. The van der Waals surface area contributed by atoms with Crippen molar-refractivity contribution in [3.05, 3.63) is 0 Å². The van der Waals surface area contributed by atoms with E-state index in [1.165, 1.54) is 12.8 Å². The summed E-state index contributed by atoms with van der Waals surface area (Å²) >= 11 is 0. The molecule has 0 saturated carbocycles. The third-order valence-corrected chi connectivity index (χ3v) is 2.56. The summed E-state index contributed by atoms with van der Waals surface area (Å²) in [5.41, 5.74) is 0. The van der Waals surface area contributed by atoms with E-state index in [-0.39, 0.29) is 5.91 Å². The highest BCUT2D eigenvalue weighted by Gasteiger charge is 1.97. The number of rotatable bonds is 12. The third kappa shape index (κ3) is 13.3. The lowest BCUT2D eigenvalue weighted by Crippen LogP contribution is -2.28. The summed E-state index contributed by atoms with van der Waals surface area (Å²) in [4.78, 5) is 11.1. The molecule has 0 atom stereocenters. The molecular formula is C13H29N3O. The number of carbonyl (C=O) groups excluding carboxylic acids is 1. The van der Waals surface area contributed by atoms with Gasteiger partial charge in [0.25, 0.3) is 0 Å². The van der Waals surface area contributed by atoms with Crippen molar-refractivity contribution in [3.8, 4) is 0 Å². The van der Waals surface area contributed by atoms with Crippen LogP contribution in [0.25, 0.3) is 0 Å². The highest BCUT2D eigenvalue weighted by Crippen LogP contribution is 1.93. The summed E-state index contributed by atoms with van der Waals surface area (Å²) in [5.74, 6) is 0.191. The maximum absolute atomic E-state index is 11.1. The fourth-order valence-electron chi connectivity index (χ4n) is 1.57. The van der Waals surface area contributed by atoms with Crippen LogP contribution in [0.15, 0.2) is 0 Å². The second kappa shape index (κ2) is 13.5. The predicted octanol–water partition coefficient (Wildman–Crippen LogP) is 1.27. The van der Waals surface area contributed by atoms with Crippen LogP contribution in [0.5, 0.6) is 0 Å². The molecule has 0 heterocycles. The molecule has 0 bridgehead atoms. The van der Waals surface area contributed by atoms with Gasteiger partial charge >= 0.3 is 0 Å². The minimum Gasteiger partial charge on any atom is -0.356 e. The molecule has 1 amide bonds. The van der Waals surface area contributed by atoms with Crippen LogP contribution in [-0.4, -0.2) is 38.6 Å². The zero-order valence-electron chi connectivity index (χ0n) is 11.5. The van der Waals surface area contributed by atoms with Crippen LogP contribution in [0.4, 0.5) is 0 Å². The van der Waals surface area contributed by atoms with Gasteiger partial charge in [0.1, 0.15) is 0 Å². The average molecular weight is 243 g/mol. The molecule has 0 radical (unpaired) electrons. The van der Waals surface area contributed by atoms with E-state index in [4.69, 9.17) is 0 Å². The minimum atomic E-state index is 0.191. The number of amides is 1. The molecule has 102 valence electrons. The molecule has 0 unspecified atom stereocenters. The first-order valence-corrected chi connectivity index (χ1v) is 6.99. The van der Waals surface area contributed by atoms with Crippen LogP contribution in [0, 0.1) is 0 Å². The molecule has 0 spiro atoms. The van der Waals surface area contributed by atoms with Gasteiger partial charge in [-0.05, 0) is 32.4 Å². The van der Waals surface area contributed by atoms with E-state index >= 15 is 0 Å². The highest BCUT2D eigenvalue weighted by molar-refractivity contribution is 5.75. The molecule has 3 N–H and O–H groups in total. The number of hydrogen-bond donors (Lipinski definition) is 3. The molecule has 0 saturated heterocycles. The molecule has 0 aliphatic heterocycles. The summed E-state index contributed by atoms with van der Waals surface area (Å²) < 4.78 is 0. The van der Waals surface area contributed by atoms with Crippen molar-refractivity contribution in [3.63, 3.8) is 0 Å². The van der Waals surface area contributed by atoms with Gasteiger partial charge in [0, 0.05) is 26.1 Å². The van der Waals surface area contributed by atoms with Crippen molar-refractivity contribution in [1.82, 2.24) is 16.0 Å². The maximum atomic E-state index is 11.1. The third-order valence-electron chi connectivity index (χ3n) is 2.56. The monoisotopic (exact) mass is 243 g/mol. The van der Waals surface area contributed by atoms with Gasteiger partial charge in [-0.2, -0.15) is 0 Å². The van der Waals surface area contributed by atoms with Gasteiger partial charge in [-0.25, -0.2) is 0 Å². The quantitative estimate of drug-likeness (QED) is 0.453. The van der Waals surface area contributed by atoms with Crippen molar-refractivity contribution in [1.29, 1.82) is 0 Å². The number of carbonyl (C=O) groups is 1. The molecule has 0 aromatic heterocycles. The number of hydrogen-bond acceptors (Lipinski definition) is 3. The van der Waals surface area contributed by atoms with Crippen molar-refractivity contribution in [2.75, 3.05) is 32.7 Å². The smallest absolute Gasteiger partial charge is 0.219 e. The van der Waals surface area contributed by atoms with E-state index in [2.05, 4.69) is 22.9 Å². The van der Waals surface area contributed by atoms with Gasteiger partial charge in [0.05, 0.1) is 0 Å². The second-order valence-corrected chi connectivity index (χ2v) is 4.26. The molecule has 0 rings (SSSR count). The van der Waals surface area contributed by atoms with E-state index in [0.29, 0.717) is 6.42 Å². The van der Waals surface area contributed by atoms with Gasteiger partial charge in [0.2, 0.25) is 5.91 Å².